The van der Waals surface area contributed by atoms with Gasteiger partial charge in [0.1, 0.15) is 5.75 Å². The van der Waals surface area contributed by atoms with Gasteiger partial charge in [-0.05, 0) is 36.8 Å². The highest BCUT2D eigenvalue weighted by atomic mass is 35.5. The predicted octanol–water partition coefficient (Wildman–Crippen LogP) is 3.31. The Hall–Kier alpha value is -1.65. The Morgan fingerprint density at radius 2 is 1.65 bits per heavy atom. The normalized spacial score (nSPS) is 11.3. The van der Waals surface area contributed by atoms with Crippen LogP contribution in [-0.2, 0) is 9.84 Å². The van der Waals surface area contributed by atoms with Gasteiger partial charge in [-0.1, -0.05) is 35.9 Å². The molecule has 0 spiro atoms. The smallest absolute Gasteiger partial charge is 0.185 e. The summed E-state index contributed by atoms with van der Waals surface area (Å²) in [5.74, 6) is -0.947. The molecule has 2 aromatic carbocycles. The van der Waals surface area contributed by atoms with Crippen LogP contribution in [0.3, 0.4) is 0 Å². The average Bonchev–Trinajstić information content (AvgIpc) is 2.39. The highest BCUT2D eigenvalue weighted by Crippen LogP contribution is 2.17. The van der Waals surface area contributed by atoms with E-state index in [1.54, 1.807) is 31.2 Å². The van der Waals surface area contributed by atoms with Gasteiger partial charge in [-0.25, -0.2) is 8.42 Å². The highest BCUT2D eigenvalue weighted by molar-refractivity contribution is 7.92. The molecule has 0 bridgehead atoms. The first kappa shape index (κ1) is 14.8. The molecular formula is C15H13ClO3S. The van der Waals surface area contributed by atoms with Crippen molar-refractivity contribution in [3.8, 4) is 0 Å². The van der Waals surface area contributed by atoms with E-state index in [0.29, 0.717) is 10.6 Å². The van der Waals surface area contributed by atoms with Crippen LogP contribution in [0.2, 0.25) is 5.02 Å². The third-order valence-corrected chi connectivity index (χ3v) is 4.82. The molecule has 0 unspecified atom stereocenters. The lowest BCUT2D eigenvalue weighted by atomic mass is 10.1. The summed E-state index contributed by atoms with van der Waals surface area (Å²) in [6.45, 7) is 1.78. The first-order chi connectivity index (χ1) is 9.40. The standard InChI is InChI=1S/C15H13ClO3S/c1-11-4-2-3-5-14(11)15(17)10-20(18,19)13-8-6-12(16)7-9-13/h2-9H,10H2,1H3. The molecule has 0 atom stereocenters. The fraction of sp³-hybridized carbons (Fsp3) is 0.133. The van der Waals surface area contributed by atoms with Gasteiger partial charge >= 0.3 is 0 Å². The number of sulfone groups is 1. The third kappa shape index (κ3) is 3.26. The van der Waals surface area contributed by atoms with E-state index in [2.05, 4.69) is 0 Å². The second-order valence-corrected chi connectivity index (χ2v) is 6.88. The lowest BCUT2D eigenvalue weighted by Gasteiger charge is -2.06. The van der Waals surface area contributed by atoms with E-state index in [-0.39, 0.29) is 4.90 Å². The van der Waals surface area contributed by atoms with Crippen molar-refractivity contribution in [2.45, 2.75) is 11.8 Å². The molecule has 0 N–H and O–H groups in total. The quantitative estimate of drug-likeness (QED) is 0.814. The molecule has 0 aliphatic heterocycles. The number of Topliss-reactive ketones (excluding diaryl/α,β-unsaturated/α-hetero) is 1. The molecule has 0 aliphatic carbocycles. The Labute approximate surface area is 123 Å². The molecule has 0 saturated carbocycles. The van der Waals surface area contributed by atoms with Gasteiger partial charge in [-0.3, -0.25) is 4.79 Å². The number of ketones is 1. The summed E-state index contributed by atoms with van der Waals surface area (Å²) in [7, 11) is -3.65. The van der Waals surface area contributed by atoms with Crippen LogP contribution >= 0.6 is 11.6 Å². The minimum absolute atomic E-state index is 0.101. The van der Waals surface area contributed by atoms with Gasteiger partial charge in [-0.15, -0.1) is 0 Å². The van der Waals surface area contributed by atoms with Crippen molar-refractivity contribution in [2.24, 2.45) is 0 Å². The number of aryl methyl sites for hydroxylation is 1. The van der Waals surface area contributed by atoms with Gasteiger partial charge in [0.05, 0.1) is 4.90 Å². The van der Waals surface area contributed by atoms with Crippen molar-refractivity contribution in [3.05, 3.63) is 64.7 Å². The number of rotatable bonds is 4. The third-order valence-electron chi connectivity index (χ3n) is 2.94. The molecule has 5 heteroatoms. The summed E-state index contributed by atoms with van der Waals surface area (Å²) in [5.41, 5.74) is 1.20. The number of benzene rings is 2. The molecule has 2 aromatic rings. The van der Waals surface area contributed by atoms with Gasteiger partial charge in [0, 0.05) is 10.6 Å². The zero-order chi connectivity index (χ0) is 14.8. The largest absolute Gasteiger partial charge is 0.293 e. The number of halogens is 1. The van der Waals surface area contributed by atoms with E-state index in [0.717, 1.165) is 5.56 Å². The van der Waals surface area contributed by atoms with Gasteiger partial charge in [0.2, 0.25) is 0 Å². The molecule has 0 aromatic heterocycles. The molecule has 0 amide bonds. The van der Waals surface area contributed by atoms with Crippen molar-refractivity contribution in [3.63, 3.8) is 0 Å². The second kappa shape index (κ2) is 5.77. The monoisotopic (exact) mass is 308 g/mol. The fourth-order valence-corrected chi connectivity index (χ4v) is 3.21. The molecule has 20 heavy (non-hydrogen) atoms. The number of hydrogen-bond donors (Lipinski definition) is 0. The maximum absolute atomic E-state index is 12.2. The number of carbonyl (C=O) groups is 1. The van der Waals surface area contributed by atoms with Crippen molar-refractivity contribution in [1.82, 2.24) is 0 Å². The molecular weight excluding hydrogens is 296 g/mol. The van der Waals surface area contributed by atoms with Crippen molar-refractivity contribution in [1.29, 1.82) is 0 Å². The number of hydrogen-bond acceptors (Lipinski definition) is 3. The van der Waals surface area contributed by atoms with Crippen LogP contribution in [0.15, 0.2) is 53.4 Å². The summed E-state index contributed by atoms with van der Waals surface area (Å²) in [6.07, 6.45) is 0. The molecule has 104 valence electrons. The minimum atomic E-state index is -3.65. The van der Waals surface area contributed by atoms with E-state index >= 15 is 0 Å². The van der Waals surface area contributed by atoms with Crippen LogP contribution in [0.5, 0.6) is 0 Å². The molecule has 2 rings (SSSR count). The molecule has 0 heterocycles. The van der Waals surface area contributed by atoms with Crippen LogP contribution in [0.4, 0.5) is 0 Å². The van der Waals surface area contributed by atoms with Crippen LogP contribution < -0.4 is 0 Å². The Kier molecular flexibility index (Phi) is 4.26. The summed E-state index contributed by atoms with van der Waals surface area (Å²) in [5, 5.41) is 0.453. The van der Waals surface area contributed by atoms with Gasteiger partial charge in [-0.2, -0.15) is 0 Å². The highest BCUT2D eigenvalue weighted by Gasteiger charge is 2.21. The lowest BCUT2D eigenvalue weighted by Crippen LogP contribution is -2.17. The summed E-state index contributed by atoms with van der Waals surface area (Å²) < 4.78 is 24.3. The van der Waals surface area contributed by atoms with Crippen molar-refractivity contribution in [2.75, 3.05) is 5.75 Å². The van der Waals surface area contributed by atoms with Crippen molar-refractivity contribution >= 4 is 27.2 Å². The van der Waals surface area contributed by atoms with E-state index in [4.69, 9.17) is 11.6 Å². The maximum atomic E-state index is 12.2. The van der Waals surface area contributed by atoms with Gasteiger partial charge in [0.15, 0.2) is 15.6 Å². The van der Waals surface area contributed by atoms with Crippen LogP contribution in [-0.4, -0.2) is 20.0 Å². The Balaban J connectivity index is 2.27. The molecule has 0 fully saturated rings. The fourth-order valence-electron chi connectivity index (χ4n) is 1.86. The molecule has 0 aliphatic rings. The van der Waals surface area contributed by atoms with E-state index in [1.165, 1.54) is 24.3 Å². The lowest BCUT2D eigenvalue weighted by molar-refractivity contribution is 0.102. The van der Waals surface area contributed by atoms with Gasteiger partial charge < -0.3 is 0 Å². The zero-order valence-electron chi connectivity index (χ0n) is 10.8. The number of carbonyl (C=O) groups excluding carboxylic acids is 1. The van der Waals surface area contributed by atoms with E-state index in [9.17, 15) is 13.2 Å². The predicted molar refractivity (Wildman–Crippen MR) is 79.0 cm³/mol. The van der Waals surface area contributed by atoms with Gasteiger partial charge in [0.25, 0.3) is 0 Å². The van der Waals surface area contributed by atoms with Crippen molar-refractivity contribution < 1.29 is 13.2 Å². The first-order valence-corrected chi connectivity index (χ1v) is 8.00. The van der Waals surface area contributed by atoms with Crippen LogP contribution in [0, 0.1) is 6.92 Å². The Bertz CT molecular complexity index is 734. The average molecular weight is 309 g/mol. The van der Waals surface area contributed by atoms with E-state index < -0.39 is 21.4 Å². The van der Waals surface area contributed by atoms with Crippen LogP contribution in [0.1, 0.15) is 15.9 Å². The summed E-state index contributed by atoms with van der Waals surface area (Å²) >= 11 is 5.72. The zero-order valence-corrected chi connectivity index (χ0v) is 12.4. The second-order valence-electron chi connectivity index (χ2n) is 4.45. The summed E-state index contributed by atoms with van der Waals surface area (Å²) in [4.78, 5) is 12.2. The topological polar surface area (TPSA) is 51.2 Å². The summed E-state index contributed by atoms with van der Waals surface area (Å²) in [6, 6.07) is 12.7. The molecule has 3 nitrogen and oxygen atoms in total. The first-order valence-electron chi connectivity index (χ1n) is 5.97. The Morgan fingerprint density at radius 1 is 1.05 bits per heavy atom. The van der Waals surface area contributed by atoms with E-state index in [1.807, 2.05) is 0 Å². The Morgan fingerprint density at radius 3 is 2.25 bits per heavy atom. The minimum Gasteiger partial charge on any atom is -0.293 e. The SMILES string of the molecule is Cc1ccccc1C(=O)CS(=O)(=O)c1ccc(Cl)cc1. The molecule has 0 radical (unpaired) electrons. The molecule has 0 saturated heterocycles. The van der Waals surface area contributed by atoms with Crippen LogP contribution in [0.25, 0.3) is 0 Å². The maximum Gasteiger partial charge on any atom is 0.185 e.